The van der Waals surface area contributed by atoms with Gasteiger partial charge in [0.2, 0.25) is 5.95 Å². The largest absolute Gasteiger partial charge is 0.463 e. The van der Waals surface area contributed by atoms with E-state index in [2.05, 4.69) is 4.98 Å². The molecule has 1 rings (SSSR count). The minimum Gasteiger partial charge on any atom is -0.463 e. The van der Waals surface area contributed by atoms with Crippen LogP contribution < -0.4 is 0 Å². The average Bonchev–Trinajstić information content (AvgIpc) is 2.47. The lowest BCUT2D eigenvalue weighted by atomic mass is 10.1. The van der Waals surface area contributed by atoms with Crippen molar-refractivity contribution in [2.45, 2.75) is 20.8 Å². The van der Waals surface area contributed by atoms with Gasteiger partial charge in [-0.3, -0.25) is 4.79 Å². The molecule has 0 aliphatic heterocycles. The summed E-state index contributed by atoms with van der Waals surface area (Å²) in [6.45, 7) is 6.60. The van der Waals surface area contributed by atoms with Gasteiger partial charge >= 0.3 is 5.97 Å². The fourth-order valence-corrected chi connectivity index (χ4v) is 1.76. The Bertz CT molecular complexity index is 540. The number of pyridine rings is 1. The molecule has 5 nitrogen and oxygen atoms in total. The maximum atomic E-state index is 13.3. The molecule has 0 saturated heterocycles. The van der Waals surface area contributed by atoms with Crippen LogP contribution in [0.3, 0.4) is 0 Å². The van der Waals surface area contributed by atoms with E-state index >= 15 is 0 Å². The molecule has 0 aliphatic rings. The molecule has 0 saturated carbocycles. The molecule has 0 aliphatic carbocycles. The fraction of sp³-hybridized carbons (Fsp3) is 0.400. The Hall–Kier alpha value is -2.24. The van der Waals surface area contributed by atoms with Crippen LogP contribution in [0, 0.1) is 5.95 Å². The topological polar surface area (TPSA) is 59.5 Å². The first-order chi connectivity index (χ1) is 10.0. The highest BCUT2D eigenvalue weighted by molar-refractivity contribution is 5.97. The van der Waals surface area contributed by atoms with Crippen LogP contribution in [0.2, 0.25) is 0 Å². The average molecular weight is 294 g/mol. The summed E-state index contributed by atoms with van der Waals surface area (Å²) in [5, 5.41) is 0. The molecule has 1 aromatic heterocycles. The first-order valence-electron chi connectivity index (χ1n) is 6.84. The van der Waals surface area contributed by atoms with Crippen molar-refractivity contribution in [1.29, 1.82) is 0 Å². The zero-order valence-electron chi connectivity index (χ0n) is 12.4. The number of esters is 1. The smallest absolute Gasteiger partial charge is 0.330 e. The third kappa shape index (κ3) is 4.66. The van der Waals surface area contributed by atoms with E-state index in [1.807, 2.05) is 13.8 Å². The van der Waals surface area contributed by atoms with Gasteiger partial charge in [-0.25, -0.2) is 9.78 Å². The SMILES string of the molecule is CCOC(=O)/C=C/c1ccc(F)nc1C(=O)N(CC)CC. The highest BCUT2D eigenvalue weighted by Gasteiger charge is 2.18. The van der Waals surface area contributed by atoms with E-state index in [0.717, 1.165) is 6.07 Å². The Labute approximate surface area is 123 Å². The second kappa shape index (κ2) is 8.14. The Morgan fingerprint density at radius 2 is 1.95 bits per heavy atom. The van der Waals surface area contributed by atoms with Gasteiger partial charge in [0, 0.05) is 24.7 Å². The van der Waals surface area contributed by atoms with Gasteiger partial charge in [0.05, 0.1) is 6.61 Å². The van der Waals surface area contributed by atoms with Crippen LogP contribution in [0.25, 0.3) is 6.08 Å². The molecule has 114 valence electrons. The number of nitrogens with zero attached hydrogens (tertiary/aromatic N) is 2. The summed E-state index contributed by atoms with van der Waals surface area (Å²) in [5.74, 6) is -1.63. The number of hydrogen-bond donors (Lipinski definition) is 0. The number of ether oxygens (including phenoxy) is 1. The van der Waals surface area contributed by atoms with Crippen molar-refractivity contribution in [2.75, 3.05) is 19.7 Å². The standard InChI is InChI=1S/C15H19FN2O3/c1-4-18(5-2)15(20)14-11(7-9-12(16)17-14)8-10-13(19)21-6-3/h7-10H,4-6H2,1-3H3/b10-8+. The van der Waals surface area contributed by atoms with Crippen molar-refractivity contribution in [3.8, 4) is 0 Å². The number of carbonyl (C=O) groups is 2. The summed E-state index contributed by atoms with van der Waals surface area (Å²) in [6.07, 6.45) is 2.60. The molecule has 1 heterocycles. The molecule has 0 fully saturated rings. The van der Waals surface area contributed by atoms with Gasteiger partial charge in [0.25, 0.3) is 5.91 Å². The van der Waals surface area contributed by atoms with E-state index in [-0.39, 0.29) is 18.2 Å². The molecule has 0 aromatic carbocycles. The Morgan fingerprint density at radius 3 is 2.52 bits per heavy atom. The zero-order valence-corrected chi connectivity index (χ0v) is 12.4. The first kappa shape index (κ1) is 16.8. The lowest BCUT2D eigenvalue weighted by Crippen LogP contribution is -2.31. The van der Waals surface area contributed by atoms with Gasteiger partial charge in [-0.15, -0.1) is 0 Å². The van der Waals surface area contributed by atoms with E-state index in [1.165, 1.54) is 23.1 Å². The third-order valence-electron chi connectivity index (χ3n) is 2.83. The maximum absolute atomic E-state index is 13.3. The molecule has 0 unspecified atom stereocenters. The van der Waals surface area contributed by atoms with Gasteiger partial charge in [0.15, 0.2) is 0 Å². The summed E-state index contributed by atoms with van der Waals surface area (Å²) in [5.41, 5.74) is 0.362. The Balaban J connectivity index is 3.10. The Kier molecular flexibility index (Phi) is 6.52. The summed E-state index contributed by atoms with van der Waals surface area (Å²) < 4.78 is 18.1. The second-order valence-electron chi connectivity index (χ2n) is 4.13. The van der Waals surface area contributed by atoms with Gasteiger partial charge in [-0.2, -0.15) is 4.39 Å². The number of carbonyl (C=O) groups excluding carboxylic acids is 2. The molecular formula is C15H19FN2O3. The highest BCUT2D eigenvalue weighted by Crippen LogP contribution is 2.13. The van der Waals surface area contributed by atoms with Crippen LogP contribution in [0.15, 0.2) is 18.2 Å². The molecular weight excluding hydrogens is 275 g/mol. The number of rotatable bonds is 6. The van der Waals surface area contributed by atoms with E-state index in [4.69, 9.17) is 4.74 Å². The summed E-state index contributed by atoms with van der Waals surface area (Å²) in [6, 6.07) is 2.55. The van der Waals surface area contributed by atoms with Crippen molar-refractivity contribution >= 4 is 18.0 Å². The number of amides is 1. The molecule has 1 aromatic rings. The van der Waals surface area contributed by atoms with Crippen molar-refractivity contribution in [3.05, 3.63) is 35.4 Å². The lowest BCUT2D eigenvalue weighted by Gasteiger charge is -2.18. The molecule has 0 atom stereocenters. The van der Waals surface area contributed by atoms with Crippen LogP contribution in [0.1, 0.15) is 36.8 Å². The molecule has 21 heavy (non-hydrogen) atoms. The van der Waals surface area contributed by atoms with E-state index in [0.29, 0.717) is 18.7 Å². The summed E-state index contributed by atoms with van der Waals surface area (Å²) in [7, 11) is 0. The van der Waals surface area contributed by atoms with E-state index < -0.39 is 11.9 Å². The van der Waals surface area contributed by atoms with Crippen LogP contribution in [-0.2, 0) is 9.53 Å². The van der Waals surface area contributed by atoms with Crippen LogP contribution in [0.4, 0.5) is 4.39 Å². The van der Waals surface area contributed by atoms with Crippen LogP contribution in [-0.4, -0.2) is 41.5 Å². The molecule has 1 amide bonds. The van der Waals surface area contributed by atoms with Gasteiger partial charge in [-0.05, 0) is 39.0 Å². The maximum Gasteiger partial charge on any atom is 0.330 e. The minimum atomic E-state index is -0.737. The molecule has 6 heteroatoms. The molecule has 0 bridgehead atoms. The van der Waals surface area contributed by atoms with E-state index in [1.54, 1.807) is 6.92 Å². The van der Waals surface area contributed by atoms with Crippen molar-refractivity contribution in [3.63, 3.8) is 0 Å². The van der Waals surface area contributed by atoms with Crippen LogP contribution in [0.5, 0.6) is 0 Å². The third-order valence-corrected chi connectivity index (χ3v) is 2.83. The zero-order chi connectivity index (χ0) is 15.8. The predicted octanol–water partition coefficient (Wildman–Crippen LogP) is 2.28. The predicted molar refractivity (Wildman–Crippen MR) is 77.1 cm³/mol. The first-order valence-corrected chi connectivity index (χ1v) is 6.84. The van der Waals surface area contributed by atoms with Crippen molar-refractivity contribution in [1.82, 2.24) is 9.88 Å². The molecule has 0 radical (unpaired) electrons. The van der Waals surface area contributed by atoms with Gasteiger partial charge in [-0.1, -0.05) is 0 Å². The number of aromatic nitrogens is 1. The van der Waals surface area contributed by atoms with Crippen molar-refractivity contribution in [2.24, 2.45) is 0 Å². The number of halogens is 1. The molecule has 0 N–H and O–H groups in total. The fourth-order valence-electron chi connectivity index (χ4n) is 1.76. The van der Waals surface area contributed by atoms with Crippen LogP contribution >= 0.6 is 0 Å². The van der Waals surface area contributed by atoms with Crippen molar-refractivity contribution < 1.29 is 18.7 Å². The second-order valence-corrected chi connectivity index (χ2v) is 4.13. The highest BCUT2D eigenvalue weighted by atomic mass is 19.1. The summed E-state index contributed by atoms with van der Waals surface area (Å²) >= 11 is 0. The monoisotopic (exact) mass is 294 g/mol. The van der Waals surface area contributed by atoms with E-state index in [9.17, 15) is 14.0 Å². The van der Waals surface area contributed by atoms with Gasteiger partial charge < -0.3 is 9.64 Å². The summed E-state index contributed by atoms with van der Waals surface area (Å²) in [4.78, 5) is 28.8. The normalized spacial score (nSPS) is 10.7. The molecule has 0 spiro atoms. The lowest BCUT2D eigenvalue weighted by molar-refractivity contribution is -0.137. The number of hydrogen-bond acceptors (Lipinski definition) is 4. The quantitative estimate of drug-likeness (QED) is 0.459. The minimum absolute atomic E-state index is 0.0146. The van der Waals surface area contributed by atoms with Gasteiger partial charge in [0.1, 0.15) is 5.69 Å². The Morgan fingerprint density at radius 1 is 1.29 bits per heavy atom.